The number of amides is 2. The van der Waals surface area contributed by atoms with Gasteiger partial charge in [-0.25, -0.2) is 0 Å². The van der Waals surface area contributed by atoms with Crippen molar-refractivity contribution >= 4 is 17.5 Å². The van der Waals surface area contributed by atoms with Gasteiger partial charge in [0.1, 0.15) is 0 Å². The summed E-state index contributed by atoms with van der Waals surface area (Å²) in [4.78, 5) is 30.2. The van der Waals surface area contributed by atoms with Crippen molar-refractivity contribution in [1.82, 2.24) is 15.2 Å². The molecule has 1 aromatic rings. The van der Waals surface area contributed by atoms with Crippen LogP contribution >= 0.6 is 0 Å². The standard InChI is InChI=1S/C17H26N4O2/c1-14(21-12-4-2-3-5-13-21)17(23)19-11-8-16(22)20-15-6-9-18-10-7-15/h6-7,9-10,14H,2-5,8,11-13H2,1H3,(H,19,23)(H,18,20,22). The van der Waals surface area contributed by atoms with Crippen LogP contribution in [0.25, 0.3) is 0 Å². The van der Waals surface area contributed by atoms with Crippen LogP contribution in [0.4, 0.5) is 5.69 Å². The monoisotopic (exact) mass is 318 g/mol. The second-order valence-corrected chi connectivity index (χ2v) is 5.95. The van der Waals surface area contributed by atoms with E-state index in [0.29, 0.717) is 12.2 Å². The van der Waals surface area contributed by atoms with Crippen molar-refractivity contribution in [3.05, 3.63) is 24.5 Å². The van der Waals surface area contributed by atoms with Crippen LogP contribution in [0.3, 0.4) is 0 Å². The Morgan fingerprint density at radius 1 is 1.17 bits per heavy atom. The molecule has 23 heavy (non-hydrogen) atoms. The minimum absolute atomic E-state index is 0.00334. The third-order valence-corrected chi connectivity index (χ3v) is 4.18. The Morgan fingerprint density at radius 3 is 2.48 bits per heavy atom. The molecule has 0 aliphatic carbocycles. The summed E-state index contributed by atoms with van der Waals surface area (Å²) < 4.78 is 0. The first-order valence-corrected chi connectivity index (χ1v) is 8.38. The molecule has 0 radical (unpaired) electrons. The molecule has 1 aliphatic heterocycles. The SMILES string of the molecule is CC(C(=O)NCCC(=O)Nc1ccncc1)N1CCCCCC1. The molecule has 0 spiro atoms. The highest BCUT2D eigenvalue weighted by Gasteiger charge is 2.21. The topological polar surface area (TPSA) is 74.3 Å². The zero-order valence-corrected chi connectivity index (χ0v) is 13.8. The number of hydrogen-bond donors (Lipinski definition) is 2. The highest BCUT2D eigenvalue weighted by atomic mass is 16.2. The summed E-state index contributed by atoms with van der Waals surface area (Å²) in [5.74, 6) is -0.109. The van der Waals surface area contributed by atoms with E-state index in [4.69, 9.17) is 0 Å². The Hall–Kier alpha value is -1.95. The first kappa shape index (κ1) is 17.4. The zero-order chi connectivity index (χ0) is 16.5. The quantitative estimate of drug-likeness (QED) is 0.838. The number of anilines is 1. The van der Waals surface area contributed by atoms with Crippen LogP contribution in [-0.4, -0.2) is 47.4 Å². The Kier molecular flexibility index (Phi) is 7.00. The van der Waals surface area contributed by atoms with E-state index in [1.807, 2.05) is 6.92 Å². The molecule has 6 nitrogen and oxygen atoms in total. The highest BCUT2D eigenvalue weighted by Crippen LogP contribution is 2.12. The number of aromatic nitrogens is 1. The Labute approximate surface area is 137 Å². The van der Waals surface area contributed by atoms with Crippen molar-refractivity contribution in [3.63, 3.8) is 0 Å². The van der Waals surface area contributed by atoms with Gasteiger partial charge in [-0.3, -0.25) is 19.5 Å². The van der Waals surface area contributed by atoms with Gasteiger partial charge in [0.15, 0.2) is 0 Å². The summed E-state index contributed by atoms with van der Waals surface area (Å²) in [5, 5.41) is 5.64. The van der Waals surface area contributed by atoms with E-state index in [1.165, 1.54) is 12.8 Å². The number of likely N-dealkylation sites (tertiary alicyclic amines) is 1. The minimum Gasteiger partial charge on any atom is -0.354 e. The van der Waals surface area contributed by atoms with Gasteiger partial charge in [-0.15, -0.1) is 0 Å². The molecule has 2 amide bonds. The van der Waals surface area contributed by atoms with Gasteiger partial charge in [0.25, 0.3) is 0 Å². The van der Waals surface area contributed by atoms with Crippen LogP contribution in [0.2, 0.25) is 0 Å². The Balaban J connectivity index is 1.68. The number of nitrogens with zero attached hydrogens (tertiary/aromatic N) is 2. The lowest BCUT2D eigenvalue weighted by molar-refractivity contribution is -0.126. The zero-order valence-electron chi connectivity index (χ0n) is 13.8. The molecule has 0 bridgehead atoms. The van der Waals surface area contributed by atoms with Gasteiger partial charge in [0.05, 0.1) is 6.04 Å². The molecule has 1 aliphatic rings. The second kappa shape index (κ2) is 9.25. The lowest BCUT2D eigenvalue weighted by Crippen LogP contribution is -2.46. The van der Waals surface area contributed by atoms with Crippen molar-refractivity contribution in [1.29, 1.82) is 0 Å². The average Bonchev–Trinajstić information content (AvgIpc) is 2.84. The molecule has 6 heteroatoms. The van der Waals surface area contributed by atoms with E-state index in [9.17, 15) is 9.59 Å². The molecular formula is C17H26N4O2. The number of carbonyl (C=O) groups excluding carboxylic acids is 2. The molecule has 0 aromatic carbocycles. The molecule has 126 valence electrons. The summed E-state index contributed by atoms with van der Waals surface area (Å²) in [5.41, 5.74) is 0.717. The maximum atomic E-state index is 12.2. The molecule has 1 atom stereocenters. The van der Waals surface area contributed by atoms with Crippen molar-refractivity contribution in [2.75, 3.05) is 25.0 Å². The number of nitrogens with one attached hydrogen (secondary N) is 2. The van der Waals surface area contributed by atoms with Gasteiger partial charge >= 0.3 is 0 Å². The fraction of sp³-hybridized carbons (Fsp3) is 0.588. The lowest BCUT2D eigenvalue weighted by Gasteiger charge is -2.26. The Morgan fingerprint density at radius 2 is 1.83 bits per heavy atom. The molecule has 2 heterocycles. The van der Waals surface area contributed by atoms with Gasteiger partial charge in [-0.1, -0.05) is 12.8 Å². The third-order valence-electron chi connectivity index (χ3n) is 4.18. The van der Waals surface area contributed by atoms with Crippen molar-refractivity contribution in [2.24, 2.45) is 0 Å². The molecule has 1 fully saturated rings. The molecule has 1 saturated heterocycles. The number of carbonyl (C=O) groups is 2. The maximum absolute atomic E-state index is 12.2. The summed E-state index contributed by atoms with van der Waals surface area (Å²) in [6, 6.07) is 3.34. The normalized spacial score (nSPS) is 17.1. The molecule has 1 unspecified atom stereocenters. The molecule has 1 aromatic heterocycles. The Bertz CT molecular complexity index is 499. The lowest BCUT2D eigenvalue weighted by atomic mass is 10.2. The summed E-state index contributed by atoms with van der Waals surface area (Å²) >= 11 is 0. The number of hydrogen-bond acceptors (Lipinski definition) is 4. The van der Waals surface area contributed by atoms with E-state index in [1.54, 1.807) is 24.5 Å². The van der Waals surface area contributed by atoms with Crippen molar-refractivity contribution in [3.8, 4) is 0 Å². The van der Waals surface area contributed by atoms with Crippen molar-refractivity contribution in [2.45, 2.75) is 45.1 Å². The van der Waals surface area contributed by atoms with Crippen molar-refractivity contribution < 1.29 is 9.59 Å². The number of pyridine rings is 1. The maximum Gasteiger partial charge on any atom is 0.237 e. The van der Waals surface area contributed by atoms with Gasteiger partial charge in [0, 0.05) is 31.0 Å². The predicted octanol–water partition coefficient (Wildman–Crippen LogP) is 1.79. The first-order valence-electron chi connectivity index (χ1n) is 8.38. The van der Waals surface area contributed by atoms with Crippen LogP contribution in [0.15, 0.2) is 24.5 Å². The van der Waals surface area contributed by atoms with E-state index in [-0.39, 0.29) is 24.3 Å². The van der Waals surface area contributed by atoms with Crippen LogP contribution in [0.1, 0.15) is 39.0 Å². The third kappa shape index (κ3) is 5.98. The molecule has 2 N–H and O–H groups in total. The summed E-state index contributed by atoms with van der Waals surface area (Å²) in [6.45, 7) is 4.26. The fourth-order valence-corrected chi connectivity index (χ4v) is 2.75. The molecular weight excluding hydrogens is 292 g/mol. The first-order chi connectivity index (χ1) is 11.2. The van der Waals surface area contributed by atoms with Crippen LogP contribution in [-0.2, 0) is 9.59 Å². The van der Waals surface area contributed by atoms with Gasteiger partial charge in [0.2, 0.25) is 11.8 Å². The van der Waals surface area contributed by atoms with E-state index < -0.39 is 0 Å². The van der Waals surface area contributed by atoms with Crippen LogP contribution in [0.5, 0.6) is 0 Å². The number of rotatable bonds is 6. The molecule has 2 rings (SSSR count). The second-order valence-electron chi connectivity index (χ2n) is 5.95. The van der Waals surface area contributed by atoms with E-state index in [0.717, 1.165) is 25.9 Å². The van der Waals surface area contributed by atoms with Gasteiger partial charge < -0.3 is 10.6 Å². The predicted molar refractivity (Wildman–Crippen MR) is 90.0 cm³/mol. The van der Waals surface area contributed by atoms with E-state index >= 15 is 0 Å². The van der Waals surface area contributed by atoms with Gasteiger partial charge in [-0.05, 0) is 45.0 Å². The average molecular weight is 318 g/mol. The summed E-state index contributed by atoms with van der Waals surface area (Å²) in [7, 11) is 0. The highest BCUT2D eigenvalue weighted by molar-refractivity contribution is 5.91. The smallest absolute Gasteiger partial charge is 0.237 e. The largest absolute Gasteiger partial charge is 0.354 e. The van der Waals surface area contributed by atoms with Crippen LogP contribution < -0.4 is 10.6 Å². The summed E-state index contributed by atoms with van der Waals surface area (Å²) in [6.07, 6.45) is 8.33. The fourth-order valence-electron chi connectivity index (χ4n) is 2.75. The van der Waals surface area contributed by atoms with E-state index in [2.05, 4.69) is 20.5 Å². The van der Waals surface area contributed by atoms with Gasteiger partial charge in [-0.2, -0.15) is 0 Å². The molecule has 0 saturated carbocycles. The minimum atomic E-state index is -0.128. The van der Waals surface area contributed by atoms with Crippen LogP contribution in [0, 0.1) is 0 Å².